The Morgan fingerprint density at radius 3 is 3.16 bits per heavy atom. The first-order valence-electron chi connectivity index (χ1n) is 6.75. The molecular formula is C15H18N2O2. The number of rotatable bonds is 4. The zero-order valence-electron chi connectivity index (χ0n) is 10.8. The second-order valence-corrected chi connectivity index (χ2v) is 4.99. The zero-order valence-corrected chi connectivity index (χ0v) is 10.8. The number of carbonyl (C=O) groups excluding carboxylic acids is 1. The Labute approximate surface area is 112 Å². The van der Waals surface area contributed by atoms with E-state index >= 15 is 0 Å². The smallest absolute Gasteiger partial charge is 0.220 e. The van der Waals surface area contributed by atoms with Gasteiger partial charge in [0.05, 0.1) is 12.6 Å². The SMILES string of the molecule is O=C(CCc1c[nH]c2ccccc12)NC1CCOC1. The molecule has 0 saturated carbocycles. The van der Waals surface area contributed by atoms with E-state index in [1.165, 1.54) is 10.9 Å². The third kappa shape index (κ3) is 2.79. The van der Waals surface area contributed by atoms with Crippen LogP contribution in [0.5, 0.6) is 0 Å². The normalized spacial score (nSPS) is 18.8. The van der Waals surface area contributed by atoms with Gasteiger partial charge in [-0.1, -0.05) is 18.2 Å². The first-order valence-corrected chi connectivity index (χ1v) is 6.75. The van der Waals surface area contributed by atoms with Crippen molar-refractivity contribution in [2.45, 2.75) is 25.3 Å². The predicted molar refractivity (Wildman–Crippen MR) is 74.0 cm³/mol. The van der Waals surface area contributed by atoms with Gasteiger partial charge in [0.2, 0.25) is 5.91 Å². The number of benzene rings is 1. The van der Waals surface area contributed by atoms with Crippen molar-refractivity contribution in [1.29, 1.82) is 0 Å². The summed E-state index contributed by atoms with van der Waals surface area (Å²) < 4.78 is 5.25. The molecule has 1 unspecified atom stereocenters. The molecular weight excluding hydrogens is 240 g/mol. The van der Waals surface area contributed by atoms with Crippen molar-refractivity contribution in [2.24, 2.45) is 0 Å². The third-order valence-electron chi connectivity index (χ3n) is 3.59. The number of hydrogen-bond acceptors (Lipinski definition) is 2. The number of H-pyrrole nitrogens is 1. The van der Waals surface area contributed by atoms with Crippen LogP contribution in [0.4, 0.5) is 0 Å². The lowest BCUT2D eigenvalue weighted by Gasteiger charge is -2.10. The van der Waals surface area contributed by atoms with Crippen LogP contribution in [0.3, 0.4) is 0 Å². The van der Waals surface area contributed by atoms with Crippen molar-refractivity contribution < 1.29 is 9.53 Å². The summed E-state index contributed by atoms with van der Waals surface area (Å²) in [5.41, 5.74) is 2.33. The molecule has 1 amide bonds. The Bertz CT molecular complexity index is 570. The number of amides is 1. The van der Waals surface area contributed by atoms with Crippen LogP contribution in [0.1, 0.15) is 18.4 Å². The Balaban J connectivity index is 1.58. The molecule has 1 atom stereocenters. The molecule has 1 aliphatic heterocycles. The Kier molecular flexibility index (Phi) is 3.51. The molecule has 1 saturated heterocycles. The topological polar surface area (TPSA) is 54.1 Å². The number of hydrogen-bond donors (Lipinski definition) is 2. The number of ether oxygens (including phenoxy) is 1. The summed E-state index contributed by atoms with van der Waals surface area (Å²) in [6.45, 7) is 1.41. The van der Waals surface area contributed by atoms with Crippen LogP contribution >= 0.6 is 0 Å². The highest BCUT2D eigenvalue weighted by Gasteiger charge is 2.17. The average Bonchev–Trinajstić information content (AvgIpc) is 3.05. The Hall–Kier alpha value is -1.81. The maximum atomic E-state index is 11.9. The summed E-state index contributed by atoms with van der Waals surface area (Å²) in [5, 5.41) is 4.22. The molecule has 19 heavy (non-hydrogen) atoms. The largest absolute Gasteiger partial charge is 0.379 e. The molecule has 0 spiro atoms. The summed E-state index contributed by atoms with van der Waals surface area (Å²) in [5.74, 6) is 0.112. The first-order chi connectivity index (χ1) is 9.33. The van der Waals surface area contributed by atoms with Crippen LogP contribution in [0.15, 0.2) is 30.5 Å². The fraction of sp³-hybridized carbons (Fsp3) is 0.400. The van der Waals surface area contributed by atoms with E-state index in [1.807, 2.05) is 18.3 Å². The van der Waals surface area contributed by atoms with E-state index in [0.717, 1.165) is 25.0 Å². The highest BCUT2D eigenvalue weighted by Crippen LogP contribution is 2.18. The van der Waals surface area contributed by atoms with Crippen LogP contribution in [0, 0.1) is 0 Å². The lowest BCUT2D eigenvalue weighted by molar-refractivity contribution is -0.121. The van der Waals surface area contributed by atoms with Gasteiger partial charge >= 0.3 is 0 Å². The van der Waals surface area contributed by atoms with E-state index in [1.54, 1.807) is 0 Å². The van der Waals surface area contributed by atoms with E-state index in [9.17, 15) is 4.79 Å². The van der Waals surface area contributed by atoms with Crippen molar-refractivity contribution in [3.63, 3.8) is 0 Å². The molecule has 2 aromatic rings. The minimum Gasteiger partial charge on any atom is -0.379 e. The van der Waals surface area contributed by atoms with Gasteiger partial charge < -0.3 is 15.0 Å². The summed E-state index contributed by atoms with van der Waals surface area (Å²) in [6.07, 6.45) is 4.22. The standard InChI is InChI=1S/C15H18N2O2/c18-15(17-12-7-8-19-10-12)6-5-11-9-16-14-4-2-1-3-13(11)14/h1-4,9,12,16H,5-8,10H2,(H,17,18). The number of carbonyl (C=O) groups is 1. The molecule has 0 aliphatic carbocycles. The Morgan fingerprint density at radius 2 is 2.32 bits per heavy atom. The Morgan fingerprint density at radius 1 is 1.42 bits per heavy atom. The van der Waals surface area contributed by atoms with Gasteiger partial charge in [0.1, 0.15) is 0 Å². The second-order valence-electron chi connectivity index (χ2n) is 4.99. The van der Waals surface area contributed by atoms with Crippen LogP contribution in [0.2, 0.25) is 0 Å². The summed E-state index contributed by atoms with van der Waals surface area (Å²) >= 11 is 0. The fourth-order valence-electron chi connectivity index (χ4n) is 2.53. The van der Waals surface area contributed by atoms with Crippen LogP contribution in [-0.4, -0.2) is 30.1 Å². The van der Waals surface area contributed by atoms with Gasteiger partial charge in [-0.15, -0.1) is 0 Å². The van der Waals surface area contributed by atoms with E-state index in [4.69, 9.17) is 4.74 Å². The summed E-state index contributed by atoms with van der Waals surface area (Å²) in [4.78, 5) is 15.1. The number of para-hydroxylation sites is 1. The fourth-order valence-corrected chi connectivity index (χ4v) is 2.53. The van der Waals surface area contributed by atoms with Crippen molar-refractivity contribution in [3.8, 4) is 0 Å². The van der Waals surface area contributed by atoms with Gasteiger partial charge in [-0.25, -0.2) is 0 Å². The van der Waals surface area contributed by atoms with Gasteiger partial charge in [0.15, 0.2) is 0 Å². The van der Waals surface area contributed by atoms with E-state index in [2.05, 4.69) is 22.4 Å². The quantitative estimate of drug-likeness (QED) is 0.881. The van der Waals surface area contributed by atoms with Gasteiger partial charge in [-0.2, -0.15) is 0 Å². The molecule has 1 fully saturated rings. The molecule has 1 aromatic carbocycles. The molecule has 4 heteroatoms. The number of nitrogens with one attached hydrogen (secondary N) is 2. The molecule has 0 radical (unpaired) electrons. The maximum absolute atomic E-state index is 11.9. The number of fused-ring (bicyclic) bond motifs is 1. The van der Waals surface area contributed by atoms with Crippen molar-refractivity contribution in [3.05, 3.63) is 36.0 Å². The molecule has 2 heterocycles. The molecule has 2 N–H and O–H groups in total. The number of aromatic nitrogens is 1. The maximum Gasteiger partial charge on any atom is 0.220 e. The minimum atomic E-state index is 0.112. The summed E-state index contributed by atoms with van der Waals surface area (Å²) in [7, 11) is 0. The van der Waals surface area contributed by atoms with E-state index in [-0.39, 0.29) is 11.9 Å². The van der Waals surface area contributed by atoms with Crippen molar-refractivity contribution in [1.82, 2.24) is 10.3 Å². The van der Waals surface area contributed by atoms with Gasteiger partial charge in [0, 0.05) is 30.1 Å². The minimum absolute atomic E-state index is 0.112. The summed E-state index contributed by atoms with van der Waals surface area (Å²) in [6, 6.07) is 8.37. The molecule has 4 nitrogen and oxygen atoms in total. The van der Waals surface area contributed by atoms with Gasteiger partial charge in [-0.05, 0) is 24.5 Å². The van der Waals surface area contributed by atoms with E-state index in [0.29, 0.717) is 13.0 Å². The third-order valence-corrected chi connectivity index (χ3v) is 3.59. The molecule has 3 rings (SSSR count). The molecule has 1 aliphatic rings. The van der Waals surface area contributed by atoms with Crippen LogP contribution < -0.4 is 5.32 Å². The first kappa shape index (κ1) is 12.2. The van der Waals surface area contributed by atoms with Crippen LogP contribution in [0.25, 0.3) is 10.9 Å². The van der Waals surface area contributed by atoms with Gasteiger partial charge in [0.25, 0.3) is 0 Å². The van der Waals surface area contributed by atoms with Crippen molar-refractivity contribution >= 4 is 16.8 Å². The monoisotopic (exact) mass is 258 g/mol. The number of aryl methyl sites for hydroxylation is 1. The highest BCUT2D eigenvalue weighted by molar-refractivity contribution is 5.84. The zero-order chi connectivity index (χ0) is 13.1. The lowest BCUT2D eigenvalue weighted by atomic mass is 10.1. The molecule has 0 bridgehead atoms. The predicted octanol–water partition coefficient (Wildman–Crippen LogP) is 2.01. The average molecular weight is 258 g/mol. The second kappa shape index (κ2) is 5.45. The van der Waals surface area contributed by atoms with Gasteiger partial charge in [-0.3, -0.25) is 4.79 Å². The lowest BCUT2D eigenvalue weighted by Crippen LogP contribution is -2.35. The van der Waals surface area contributed by atoms with Crippen LogP contribution in [-0.2, 0) is 16.0 Å². The molecule has 100 valence electrons. The number of aromatic amines is 1. The molecule has 1 aromatic heterocycles. The van der Waals surface area contributed by atoms with Crippen molar-refractivity contribution in [2.75, 3.05) is 13.2 Å². The van der Waals surface area contributed by atoms with E-state index < -0.39 is 0 Å². The highest BCUT2D eigenvalue weighted by atomic mass is 16.5.